The van der Waals surface area contributed by atoms with Crippen LogP contribution in [-0.2, 0) is 6.42 Å². The van der Waals surface area contributed by atoms with E-state index < -0.39 is 11.6 Å². The third-order valence-electron chi connectivity index (χ3n) is 2.68. The van der Waals surface area contributed by atoms with E-state index in [4.69, 9.17) is 0 Å². The SMILES string of the molecule is CCNCCCc1nnc(-c2c(F)cc(Br)cc2F)s1. The molecule has 0 bridgehead atoms. The third-order valence-corrected chi connectivity index (χ3v) is 4.14. The van der Waals surface area contributed by atoms with E-state index in [1.807, 2.05) is 6.92 Å². The molecule has 7 heteroatoms. The topological polar surface area (TPSA) is 37.8 Å². The maximum absolute atomic E-state index is 13.8. The van der Waals surface area contributed by atoms with E-state index in [9.17, 15) is 8.78 Å². The molecule has 3 nitrogen and oxygen atoms in total. The fourth-order valence-electron chi connectivity index (χ4n) is 1.74. The molecule has 0 fully saturated rings. The van der Waals surface area contributed by atoms with E-state index in [0.29, 0.717) is 4.47 Å². The van der Waals surface area contributed by atoms with Gasteiger partial charge in [0.05, 0.1) is 5.56 Å². The van der Waals surface area contributed by atoms with Gasteiger partial charge in [0.1, 0.15) is 16.6 Å². The Labute approximate surface area is 128 Å². The highest BCUT2D eigenvalue weighted by Crippen LogP contribution is 2.31. The number of benzene rings is 1. The first-order valence-corrected chi connectivity index (χ1v) is 7.90. The zero-order chi connectivity index (χ0) is 14.5. The highest BCUT2D eigenvalue weighted by Gasteiger charge is 2.17. The predicted molar refractivity (Wildman–Crippen MR) is 79.8 cm³/mol. The van der Waals surface area contributed by atoms with Crippen LogP contribution in [0, 0.1) is 11.6 Å². The zero-order valence-corrected chi connectivity index (χ0v) is 13.3. The van der Waals surface area contributed by atoms with Gasteiger partial charge in [-0.3, -0.25) is 0 Å². The van der Waals surface area contributed by atoms with Crippen LogP contribution in [0.25, 0.3) is 10.6 Å². The molecule has 0 aliphatic rings. The molecule has 108 valence electrons. The van der Waals surface area contributed by atoms with E-state index in [2.05, 4.69) is 31.4 Å². The van der Waals surface area contributed by atoms with Gasteiger partial charge in [0.15, 0.2) is 5.01 Å². The lowest BCUT2D eigenvalue weighted by molar-refractivity contribution is 0.587. The Morgan fingerprint density at radius 2 is 1.95 bits per heavy atom. The van der Waals surface area contributed by atoms with Crippen LogP contribution < -0.4 is 5.32 Å². The number of nitrogens with one attached hydrogen (secondary N) is 1. The van der Waals surface area contributed by atoms with Crippen molar-refractivity contribution >= 4 is 27.3 Å². The van der Waals surface area contributed by atoms with Crippen LogP contribution in [0.15, 0.2) is 16.6 Å². The Morgan fingerprint density at radius 3 is 2.60 bits per heavy atom. The van der Waals surface area contributed by atoms with Crippen molar-refractivity contribution in [3.63, 3.8) is 0 Å². The molecule has 0 saturated carbocycles. The van der Waals surface area contributed by atoms with Gasteiger partial charge in [-0.1, -0.05) is 34.2 Å². The molecule has 1 aromatic heterocycles. The predicted octanol–water partition coefficient (Wildman–Crippen LogP) is 3.79. The Morgan fingerprint density at radius 1 is 1.25 bits per heavy atom. The van der Waals surface area contributed by atoms with E-state index in [1.54, 1.807) is 0 Å². The van der Waals surface area contributed by atoms with Crippen LogP contribution in [0.2, 0.25) is 0 Å². The van der Waals surface area contributed by atoms with Crippen molar-refractivity contribution in [3.05, 3.63) is 33.2 Å². The number of hydrogen-bond donors (Lipinski definition) is 1. The molecule has 0 spiro atoms. The first kappa shape index (κ1) is 15.5. The van der Waals surface area contributed by atoms with Crippen molar-refractivity contribution in [2.75, 3.05) is 13.1 Å². The Kier molecular flexibility index (Phi) is 5.56. The number of nitrogens with zero attached hydrogens (tertiary/aromatic N) is 2. The lowest BCUT2D eigenvalue weighted by Gasteiger charge is -2.01. The van der Waals surface area contributed by atoms with Crippen molar-refractivity contribution in [1.82, 2.24) is 15.5 Å². The summed E-state index contributed by atoms with van der Waals surface area (Å²) in [4.78, 5) is 0. The number of hydrogen-bond acceptors (Lipinski definition) is 4. The molecule has 0 radical (unpaired) electrons. The van der Waals surface area contributed by atoms with Gasteiger partial charge in [-0.2, -0.15) is 0 Å². The zero-order valence-electron chi connectivity index (χ0n) is 10.9. The lowest BCUT2D eigenvalue weighted by atomic mass is 10.2. The molecule has 0 atom stereocenters. The lowest BCUT2D eigenvalue weighted by Crippen LogP contribution is -2.14. The molecule has 1 heterocycles. The second-order valence-corrected chi connectivity index (χ2v) is 6.18. The van der Waals surface area contributed by atoms with Crippen LogP contribution >= 0.6 is 27.3 Å². The van der Waals surface area contributed by atoms with Crippen LogP contribution in [0.3, 0.4) is 0 Å². The summed E-state index contributed by atoms with van der Waals surface area (Å²) >= 11 is 4.29. The maximum Gasteiger partial charge on any atom is 0.153 e. The number of aryl methyl sites for hydroxylation is 1. The quantitative estimate of drug-likeness (QED) is 0.795. The molecule has 20 heavy (non-hydrogen) atoms. The third kappa shape index (κ3) is 3.80. The summed E-state index contributed by atoms with van der Waals surface area (Å²) in [7, 11) is 0. The Hall–Kier alpha value is -0.920. The first-order chi connectivity index (χ1) is 9.61. The molecule has 0 unspecified atom stereocenters. The summed E-state index contributed by atoms with van der Waals surface area (Å²) in [6, 6.07) is 2.45. The molecule has 0 amide bonds. The highest BCUT2D eigenvalue weighted by atomic mass is 79.9. The van der Waals surface area contributed by atoms with Crippen molar-refractivity contribution in [2.24, 2.45) is 0 Å². The molecular weight excluding hydrogens is 348 g/mol. The van der Waals surface area contributed by atoms with Gasteiger partial charge in [0.25, 0.3) is 0 Å². The smallest absolute Gasteiger partial charge is 0.153 e. The minimum atomic E-state index is -0.632. The second kappa shape index (κ2) is 7.19. The molecule has 0 saturated heterocycles. The summed E-state index contributed by atoms with van der Waals surface area (Å²) in [5, 5.41) is 12.2. The summed E-state index contributed by atoms with van der Waals surface area (Å²) in [6.07, 6.45) is 1.68. The van der Waals surface area contributed by atoms with E-state index in [1.165, 1.54) is 23.5 Å². The van der Waals surface area contributed by atoms with E-state index in [-0.39, 0.29) is 10.6 Å². The fourth-order valence-corrected chi connectivity index (χ4v) is 3.08. The summed E-state index contributed by atoms with van der Waals surface area (Å²) in [5.41, 5.74) is -0.108. The van der Waals surface area contributed by atoms with E-state index >= 15 is 0 Å². The first-order valence-electron chi connectivity index (χ1n) is 6.29. The minimum absolute atomic E-state index is 0.108. The highest BCUT2D eigenvalue weighted by molar-refractivity contribution is 9.10. The normalized spacial score (nSPS) is 11.0. The average molecular weight is 362 g/mol. The summed E-state index contributed by atoms with van der Waals surface area (Å²) in [5.74, 6) is -1.26. The monoisotopic (exact) mass is 361 g/mol. The number of halogens is 3. The fraction of sp³-hybridized carbons (Fsp3) is 0.385. The Bertz CT molecular complexity index is 566. The van der Waals surface area contributed by atoms with Crippen LogP contribution in [0.4, 0.5) is 8.78 Å². The van der Waals surface area contributed by atoms with Gasteiger partial charge in [0, 0.05) is 10.9 Å². The molecular formula is C13H14BrF2N3S. The van der Waals surface area contributed by atoms with Crippen molar-refractivity contribution in [2.45, 2.75) is 19.8 Å². The molecule has 2 rings (SSSR count). The van der Waals surface area contributed by atoms with Crippen LogP contribution in [0.1, 0.15) is 18.4 Å². The van der Waals surface area contributed by atoms with Gasteiger partial charge < -0.3 is 5.32 Å². The number of rotatable bonds is 6. The summed E-state index contributed by atoms with van der Waals surface area (Å²) in [6.45, 7) is 3.87. The summed E-state index contributed by atoms with van der Waals surface area (Å²) < 4.78 is 28.0. The minimum Gasteiger partial charge on any atom is -0.317 e. The van der Waals surface area contributed by atoms with Gasteiger partial charge in [-0.15, -0.1) is 10.2 Å². The second-order valence-electron chi connectivity index (χ2n) is 4.20. The molecule has 1 N–H and O–H groups in total. The average Bonchev–Trinajstić information content (AvgIpc) is 2.82. The standard InChI is InChI=1S/C13H14BrF2N3S/c1-2-17-5-3-4-11-18-19-13(20-11)12-9(15)6-8(14)7-10(12)16/h6-7,17H,2-5H2,1H3. The largest absolute Gasteiger partial charge is 0.317 e. The van der Waals surface area contributed by atoms with Gasteiger partial charge >= 0.3 is 0 Å². The maximum atomic E-state index is 13.8. The Balaban J connectivity index is 2.13. The van der Waals surface area contributed by atoms with Crippen molar-refractivity contribution < 1.29 is 8.78 Å². The van der Waals surface area contributed by atoms with Crippen LogP contribution in [0.5, 0.6) is 0 Å². The van der Waals surface area contributed by atoms with Crippen LogP contribution in [-0.4, -0.2) is 23.3 Å². The van der Waals surface area contributed by atoms with Gasteiger partial charge in [0.2, 0.25) is 0 Å². The van der Waals surface area contributed by atoms with Gasteiger partial charge in [-0.05, 0) is 31.6 Å². The molecule has 0 aliphatic heterocycles. The molecule has 2 aromatic rings. The van der Waals surface area contributed by atoms with E-state index in [0.717, 1.165) is 30.9 Å². The number of aromatic nitrogens is 2. The molecule has 1 aromatic carbocycles. The van der Waals surface area contributed by atoms with Crippen molar-refractivity contribution in [1.29, 1.82) is 0 Å². The van der Waals surface area contributed by atoms with Gasteiger partial charge in [-0.25, -0.2) is 8.78 Å². The van der Waals surface area contributed by atoms with Crippen molar-refractivity contribution in [3.8, 4) is 10.6 Å². The molecule has 0 aliphatic carbocycles.